The van der Waals surface area contributed by atoms with E-state index in [0.29, 0.717) is 0 Å². The lowest BCUT2D eigenvalue weighted by Gasteiger charge is -2.38. The highest BCUT2D eigenvalue weighted by atomic mass is 19.2. The van der Waals surface area contributed by atoms with Gasteiger partial charge in [-0.1, -0.05) is 73.4 Å². The molecular weight excluding hydrogens is 341 g/mol. The minimum atomic E-state index is -0.436. The maximum Gasteiger partial charge on any atom is 0.243 e. The summed E-state index contributed by atoms with van der Waals surface area (Å²) in [7, 11) is 0. The van der Waals surface area contributed by atoms with E-state index in [9.17, 15) is 9.28 Å². The molecule has 5 heteroatoms. The number of amides is 1. The van der Waals surface area contributed by atoms with Crippen LogP contribution >= 0.6 is 0 Å². The van der Waals surface area contributed by atoms with Gasteiger partial charge in [-0.3, -0.25) is 10.2 Å². The summed E-state index contributed by atoms with van der Waals surface area (Å²) in [4.78, 5) is 14.8. The van der Waals surface area contributed by atoms with Crippen LogP contribution in [0.5, 0.6) is 0 Å². The van der Waals surface area contributed by atoms with Gasteiger partial charge in [0.2, 0.25) is 5.91 Å². The second kappa shape index (κ2) is 10.5. The Balaban J connectivity index is 2.13. The Kier molecular flexibility index (Phi) is 8.01. The van der Waals surface area contributed by atoms with Crippen LogP contribution in [-0.2, 0) is 4.79 Å². The van der Waals surface area contributed by atoms with Gasteiger partial charge in [-0.15, -0.1) is 4.48 Å². The van der Waals surface area contributed by atoms with Crippen LogP contribution in [0.4, 0.5) is 4.48 Å². The molecule has 1 aliphatic rings. The van der Waals surface area contributed by atoms with Crippen molar-refractivity contribution in [1.29, 1.82) is 0 Å². The van der Waals surface area contributed by atoms with E-state index in [-0.39, 0.29) is 11.8 Å². The molecular formula is C22H28FN3O. The molecule has 1 unspecified atom stereocenters. The highest BCUT2D eigenvalue weighted by molar-refractivity contribution is 5.82. The second-order valence-electron chi connectivity index (χ2n) is 6.60. The van der Waals surface area contributed by atoms with Gasteiger partial charge in [-0.2, -0.15) is 0 Å². The monoisotopic (exact) mass is 369 g/mol. The predicted octanol–water partition coefficient (Wildman–Crippen LogP) is 4.18. The Morgan fingerprint density at radius 3 is 2.52 bits per heavy atom. The van der Waals surface area contributed by atoms with Crippen LogP contribution in [0.2, 0.25) is 0 Å². The summed E-state index contributed by atoms with van der Waals surface area (Å²) in [5.74, 6) is -0.695. The summed E-state index contributed by atoms with van der Waals surface area (Å²) in [6, 6.07) is 10.1. The second-order valence-corrected chi connectivity index (χ2v) is 6.60. The zero-order valence-electron chi connectivity index (χ0n) is 15.8. The molecule has 1 aliphatic heterocycles. The largest absolute Gasteiger partial charge is 0.372 e. The Labute approximate surface area is 161 Å². The smallest absolute Gasteiger partial charge is 0.243 e. The average Bonchev–Trinajstić information content (AvgIpc) is 2.69. The normalized spacial score (nSPS) is 17.0. The van der Waals surface area contributed by atoms with Crippen molar-refractivity contribution in [2.75, 3.05) is 13.1 Å². The molecule has 1 saturated heterocycles. The standard InChI is InChI=1S/C22H28FN3O/c1-4-9-19(10-5-2)21(22(27)24-25-23)20-13-15-26(16-14-20)17(3)18-11-7-6-8-12-18/h4-12,20-21,25H,1,3,13-16H2,2H3,(H,24,27)/b10-5-,19-9+. The summed E-state index contributed by atoms with van der Waals surface area (Å²) in [6.07, 6.45) is 8.89. The van der Waals surface area contributed by atoms with Crippen molar-refractivity contribution in [2.24, 2.45) is 11.8 Å². The number of carbonyl (C=O) groups is 1. The lowest BCUT2D eigenvalue weighted by molar-refractivity contribution is -0.128. The molecule has 2 N–H and O–H groups in total. The van der Waals surface area contributed by atoms with E-state index in [1.165, 1.54) is 5.65 Å². The molecule has 0 aromatic heterocycles. The van der Waals surface area contributed by atoms with Crippen molar-refractivity contribution in [3.05, 3.63) is 78.9 Å². The molecule has 1 fully saturated rings. The maximum absolute atomic E-state index is 12.5. The zero-order valence-corrected chi connectivity index (χ0v) is 15.8. The number of halogens is 1. The fourth-order valence-corrected chi connectivity index (χ4v) is 3.67. The minimum Gasteiger partial charge on any atom is -0.372 e. The van der Waals surface area contributed by atoms with Gasteiger partial charge in [-0.25, -0.2) is 0 Å². The number of likely N-dealkylation sites (tertiary alicyclic amines) is 1. The molecule has 1 aromatic rings. The molecule has 0 spiro atoms. The van der Waals surface area contributed by atoms with E-state index in [2.05, 4.69) is 35.6 Å². The third-order valence-electron chi connectivity index (χ3n) is 4.98. The van der Waals surface area contributed by atoms with Crippen molar-refractivity contribution < 1.29 is 9.28 Å². The summed E-state index contributed by atoms with van der Waals surface area (Å²) in [5.41, 5.74) is 6.31. The van der Waals surface area contributed by atoms with E-state index in [1.54, 1.807) is 6.08 Å². The van der Waals surface area contributed by atoms with E-state index >= 15 is 0 Å². The number of nitrogens with one attached hydrogen (secondary N) is 2. The molecule has 0 aliphatic carbocycles. The highest BCUT2D eigenvalue weighted by Crippen LogP contribution is 2.33. The van der Waals surface area contributed by atoms with Gasteiger partial charge in [0.1, 0.15) is 0 Å². The van der Waals surface area contributed by atoms with E-state index < -0.39 is 5.92 Å². The molecule has 0 saturated carbocycles. The fraction of sp³-hybridized carbons (Fsp3) is 0.318. The van der Waals surface area contributed by atoms with E-state index in [1.807, 2.05) is 43.4 Å². The number of hydrazine groups is 1. The van der Waals surface area contributed by atoms with Crippen molar-refractivity contribution in [3.8, 4) is 0 Å². The predicted molar refractivity (Wildman–Crippen MR) is 109 cm³/mol. The van der Waals surface area contributed by atoms with E-state index in [0.717, 1.165) is 42.8 Å². The molecule has 1 aromatic carbocycles. The minimum absolute atomic E-state index is 0.112. The van der Waals surface area contributed by atoms with Gasteiger partial charge in [0.15, 0.2) is 0 Å². The topological polar surface area (TPSA) is 44.4 Å². The van der Waals surface area contributed by atoms with Crippen molar-refractivity contribution in [3.63, 3.8) is 0 Å². The summed E-state index contributed by atoms with van der Waals surface area (Å²) in [6.45, 7) is 11.5. The number of nitrogens with zero attached hydrogens (tertiary/aromatic N) is 1. The first-order chi connectivity index (χ1) is 13.1. The van der Waals surface area contributed by atoms with Gasteiger partial charge < -0.3 is 4.90 Å². The van der Waals surface area contributed by atoms with Gasteiger partial charge >= 0.3 is 0 Å². The fourth-order valence-electron chi connectivity index (χ4n) is 3.67. The van der Waals surface area contributed by atoms with Gasteiger partial charge in [-0.05, 0) is 36.8 Å². The van der Waals surface area contributed by atoms with Crippen LogP contribution in [0.15, 0.2) is 73.4 Å². The molecule has 0 radical (unpaired) electrons. The van der Waals surface area contributed by atoms with Crippen LogP contribution in [0, 0.1) is 11.8 Å². The number of piperidine rings is 1. The molecule has 2 rings (SSSR count). The number of hydrogen-bond donors (Lipinski definition) is 2. The molecule has 1 heterocycles. The summed E-state index contributed by atoms with van der Waals surface area (Å²) < 4.78 is 12.5. The average molecular weight is 369 g/mol. The van der Waals surface area contributed by atoms with Crippen LogP contribution in [0.1, 0.15) is 25.3 Å². The lowest BCUT2D eigenvalue weighted by Crippen LogP contribution is -2.44. The zero-order chi connectivity index (χ0) is 19.6. The Bertz CT molecular complexity index is 704. The lowest BCUT2D eigenvalue weighted by atomic mass is 9.78. The van der Waals surface area contributed by atoms with Crippen molar-refractivity contribution in [1.82, 2.24) is 16.0 Å². The van der Waals surface area contributed by atoms with Gasteiger partial charge in [0.25, 0.3) is 0 Å². The third kappa shape index (κ3) is 5.41. The SMILES string of the molecule is C=C/C=C(\C=C/C)C(C(=O)NNF)C1CCN(C(=C)c2ccccc2)CC1. The van der Waals surface area contributed by atoms with E-state index in [4.69, 9.17) is 0 Å². The quantitative estimate of drug-likeness (QED) is 0.410. The molecule has 27 heavy (non-hydrogen) atoms. The third-order valence-corrected chi connectivity index (χ3v) is 4.98. The van der Waals surface area contributed by atoms with Crippen LogP contribution in [0.3, 0.4) is 0 Å². The van der Waals surface area contributed by atoms with Crippen molar-refractivity contribution in [2.45, 2.75) is 19.8 Å². The molecule has 1 atom stereocenters. The number of rotatable bonds is 8. The molecule has 1 amide bonds. The van der Waals surface area contributed by atoms with Crippen molar-refractivity contribution >= 4 is 11.6 Å². The molecule has 4 nitrogen and oxygen atoms in total. The van der Waals surface area contributed by atoms with Gasteiger partial charge in [0, 0.05) is 18.8 Å². The first-order valence-electron chi connectivity index (χ1n) is 9.22. The maximum atomic E-state index is 12.5. The first kappa shape index (κ1) is 20.6. The number of hydrogen-bond acceptors (Lipinski definition) is 3. The Hall–Kier alpha value is -2.66. The summed E-state index contributed by atoms with van der Waals surface area (Å²) >= 11 is 0. The Morgan fingerprint density at radius 1 is 1.30 bits per heavy atom. The molecule has 144 valence electrons. The highest BCUT2D eigenvalue weighted by Gasteiger charge is 2.33. The van der Waals surface area contributed by atoms with Crippen LogP contribution in [0.25, 0.3) is 5.70 Å². The number of benzene rings is 1. The van der Waals surface area contributed by atoms with Crippen LogP contribution < -0.4 is 11.1 Å². The first-order valence-corrected chi connectivity index (χ1v) is 9.22. The Morgan fingerprint density at radius 2 is 1.96 bits per heavy atom. The summed E-state index contributed by atoms with van der Waals surface area (Å²) in [5, 5.41) is 0. The van der Waals surface area contributed by atoms with Gasteiger partial charge in [0.05, 0.1) is 5.92 Å². The van der Waals surface area contributed by atoms with Crippen LogP contribution in [-0.4, -0.2) is 23.9 Å². The number of carbonyl (C=O) groups excluding carboxylic acids is 1. The molecule has 0 bridgehead atoms. The number of allylic oxidation sites excluding steroid dienone is 4.